The van der Waals surface area contributed by atoms with Gasteiger partial charge in [0.2, 0.25) is 0 Å². The minimum absolute atomic E-state index is 0.00271. The molecule has 2 aliphatic rings. The van der Waals surface area contributed by atoms with E-state index in [0.717, 1.165) is 27.7 Å². The third-order valence-corrected chi connectivity index (χ3v) is 9.69. The van der Waals surface area contributed by atoms with E-state index in [1.807, 2.05) is 0 Å². The predicted molar refractivity (Wildman–Crippen MR) is 184 cm³/mol. The van der Waals surface area contributed by atoms with Gasteiger partial charge in [0.1, 0.15) is 25.4 Å². The molecule has 10 atom stereocenters. The van der Waals surface area contributed by atoms with Gasteiger partial charge in [-0.2, -0.15) is 0 Å². The molecule has 290 valence electrons. The molecule has 18 heteroatoms. The van der Waals surface area contributed by atoms with Crippen LogP contribution in [0.3, 0.4) is 0 Å². The lowest BCUT2D eigenvalue weighted by Crippen LogP contribution is -2.65. The van der Waals surface area contributed by atoms with Crippen LogP contribution in [0, 0.1) is 11.8 Å². The van der Waals surface area contributed by atoms with Crippen LogP contribution >= 0.6 is 31.9 Å². The Morgan fingerprint density at radius 1 is 0.635 bits per heavy atom. The lowest BCUT2D eigenvalue weighted by atomic mass is 9.89. The Balaban J connectivity index is 2.09. The lowest BCUT2D eigenvalue weighted by Gasteiger charge is -2.48. The lowest BCUT2D eigenvalue weighted by molar-refractivity contribution is -0.353. The second-order valence-corrected chi connectivity index (χ2v) is 13.4. The number of ether oxygens (including phenoxy) is 10. The van der Waals surface area contributed by atoms with Crippen molar-refractivity contribution in [3.63, 3.8) is 0 Å². The molecule has 52 heavy (non-hydrogen) atoms. The first-order valence-electron chi connectivity index (χ1n) is 16.4. The summed E-state index contributed by atoms with van der Waals surface area (Å²) in [4.78, 5) is 74.1. The van der Waals surface area contributed by atoms with E-state index >= 15 is 0 Å². The molecule has 0 amide bonds. The van der Waals surface area contributed by atoms with Crippen LogP contribution in [-0.4, -0.2) is 122 Å². The summed E-state index contributed by atoms with van der Waals surface area (Å²) < 4.78 is 58.2. The Bertz CT molecular complexity index is 1370. The van der Waals surface area contributed by atoms with Gasteiger partial charge in [-0.15, -0.1) is 0 Å². The quantitative estimate of drug-likeness (QED) is 0.134. The molecule has 0 saturated carbocycles. The third-order valence-electron chi connectivity index (χ3n) is 7.86. The van der Waals surface area contributed by atoms with Crippen LogP contribution < -0.4 is 0 Å². The topological polar surface area (TPSA) is 195 Å². The SMILES string of the molecule is CC(=O)OC[C@H]1O[C@@H](O[C@H]2[C@H](C)[C@@H](OC(=O)c3ccccc3)[C@H](OCC(CBr)CBr)O[C@@H]2COC(C)=O)[C@H](OC(C)=O)[C@@H](OC(C)=O)[C@H]1OC(C)=O. The van der Waals surface area contributed by atoms with Crippen LogP contribution in [-0.2, 0) is 71.3 Å². The van der Waals surface area contributed by atoms with Gasteiger partial charge in [0.05, 0.1) is 18.3 Å². The van der Waals surface area contributed by atoms with E-state index in [0.29, 0.717) is 10.7 Å². The minimum Gasteiger partial charge on any atom is -0.463 e. The van der Waals surface area contributed by atoms with Crippen molar-refractivity contribution in [1.29, 1.82) is 0 Å². The molecule has 16 nitrogen and oxygen atoms in total. The fourth-order valence-corrected chi connectivity index (χ4v) is 6.97. The van der Waals surface area contributed by atoms with Crippen LogP contribution in [0.25, 0.3) is 0 Å². The van der Waals surface area contributed by atoms with Crippen LogP contribution in [0.4, 0.5) is 0 Å². The molecule has 1 aromatic rings. The van der Waals surface area contributed by atoms with Gasteiger partial charge in [-0.1, -0.05) is 57.0 Å². The maximum Gasteiger partial charge on any atom is 0.338 e. The van der Waals surface area contributed by atoms with Gasteiger partial charge in [0.25, 0.3) is 0 Å². The van der Waals surface area contributed by atoms with Crippen LogP contribution in [0.2, 0.25) is 0 Å². The minimum atomic E-state index is -1.61. The summed E-state index contributed by atoms with van der Waals surface area (Å²) in [5.74, 6) is -5.26. The average molecular weight is 869 g/mol. The van der Waals surface area contributed by atoms with Crippen LogP contribution in [0.1, 0.15) is 51.9 Å². The second kappa shape index (κ2) is 20.9. The highest BCUT2D eigenvalue weighted by molar-refractivity contribution is 9.09. The number of esters is 6. The molecule has 0 aromatic heterocycles. The molecule has 2 aliphatic heterocycles. The zero-order valence-electron chi connectivity index (χ0n) is 29.6. The van der Waals surface area contributed by atoms with Crippen molar-refractivity contribution in [2.45, 2.75) is 96.9 Å². The molecular formula is C34H44Br2O16. The Morgan fingerprint density at radius 3 is 1.65 bits per heavy atom. The highest BCUT2D eigenvalue weighted by atomic mass is 79.9. The van der Waals surface area contributed by atoms with E-state index in [-0.39, 0.29) is 24.7 Å². The molecule has 2 heterocycles. The van der Waals surface area contributed by atoms with Gasteiger partial charge in [0.15, 0.2) is 37.0 Å². The highest BCUT2D eigenvalue weighted by Gasteiger charge is 2.56. The van der Waals surface area contributed by atoms with Crippen molar-refractivity contribution in [3.05, 3.63) is 35.9 Å². The van der Waals surface area contributed by atoms with Gasteiger partial charge in [-0.3, -0.25) is 24.0 Å². The first-order chi connectivity index (χ1) is 24.6. The molecular weight excluding hydrogens is 824 g/mol. The first kappa shape index (κ1) is 43.2. The molecule has 0 spiro atoms. The smallest absolute Gasteiger partial charge is 0.338 e. The second-order valence-electron chi connectivity index (χ2n) is 12.1. The standard InChI is InChI=1S/C34H44Br2O16/c1-17-27(52-34-31(48-22(6)41)30(47-21(5)40)29(46-20(4)39)26(50-34)16-44-19(3)38)25(15-43-18(2)37)49-33(45-14-23(12-35)13-36)28(17)51-32(42)24-10-8-7-9-11-24/h7-11,17,23,25-31,33-34H,12-16H2,1-6H3/t17-,25+,26+,27-,28+,29-,30-,31+,33+,34-/m0/s1. The van der Waals surface area contributed by atoms with Crippen molar-refractivity contribution < 1.29 is 76.1 Å². The summed E-state index contributed by atoms with van der Waals surface area (Å²) in [6.45, 7) is 6.67. The number of carbonyl (C=O) groups excluding carboxylic acids is 6. The summed E-state index contributed by atoms with van der Waals surface area (Å²) >= 11 is 6.90. The maximum atomic E-state index is 13.4. The molecule has 1 aromatic carbocycles. The number of alkyl halides is 2. The number of hydrogen-bond acceptors (Lipinski definition) is 16. The van der Waals surface area contributed by atoms with Gasteiger partial charge in [0, 0.05) is 57.1 Å². The number of rotatable bonds is 16. The molecule has 3 rings (SSSR count). The van der Waals surface area contributed by atoms with Crippen molar-refractivity contribution in [2.75, 3.05) is 30.5 Å². The van der Waals surface area contributed by atoms with Crippen LogP contribution in [0.15, 0.2) is 30.3 Å². The average Bonchev–Trinajstić information content (AvgIpc) is 3.08. The van der Waals surface area contributed by atoms with E-state index in [4.69, 9.17) is 47.4 Å². The molecule has 0 unspecified atom stereocenters. The van der Waals surface area contributed by atoms with Gasteiger partial charge in [-0.05, 0) is 12.1 Å². The predicted octanol–water partition coefficient (Wildman–Crippen LogP) is 3.03. The zero-order chi connectivity index (χ0) is 38.5. The molecule has 0 radical (unpaired) electrons. The number of hydrogen-bond donors (Lipinski definition) is 0. The van der Waals surface area contributed by atoms with Gasteiger partial charge >= 0.3 is 35.8 Å². The van der Waals surface area contributed by atoms with E-state index in [1.165, 1.54) is 6.92 Å². The largest absolute Gasteiger partial charge is 0.463 e. The summed E-state index contributed by atoms with van der Waals surface area (Å²) in [6.07, 6.45) is -11.9. The summed E-state index contributed by atoms with van der Waals surface area (Å²) in [5.41, 5.74) is 0.256. The Kier molecular flexibility index (Phi) is 17.4. The number of carbonyl (C=O) groups is 6. The summed E-state index contributed by atoms with van der Waals surface area (Å²) in [7, 11) is 0. The number of halogens is 2. The van der Waals surface area contributed by atoms with Crippen molar-refractivity contribution in [1.82, 2.24) is 0 Å². The third kappa shape index (κ3) is 12.8. The summed E-state index contributed by atoms with van der Waals surface area (Å²) in [6, 6.07) is 8.24. The van der Waals surface area contributed by atoms with E-state index < -0.39 is 104 Å². The fourth-order valence-electron chi connectivity index (χ4n) is 5.52. The molecule has 2 saturated heterocycles. The zero-order valence-corrected chi connectivity index (χ0v) is 32.7. The van der Waals surface area contributed by atoms with E-state index in [9.17, 15) is 28.8 Å². The molecule has 0 aliphatic carbocycles. The Morgan fingerprint density at radius 2 is 1.13 bits per heavy atom. The van der Waals surface area contributed by atoms with Crippen molar-refractivity contribution >= 4 is 67.7 Å². The van der Waals surface area contributed by atoms with Gasteiger partial charge < -0.3 is 47.4 Å². The highest BCUT2D eigenvalue weighted by Crippen LogP contribution is 2.37. The summed E-state index contributed by atoms with van der Waals surface area (Å²) in [5, 5.41) is 1.17. The Labute approximate surface area is 317 Å². The normalized spacial score (nSPS) is 28.6. The monoisotopic (exact) mass is 866 g/mol. The maximum absolute atomic E-state index is 13.4. The molecule has 0 N–H and O–H groups in total. The molecule has 2 fully saturated rings. The van der Waals surface area contributed by atoms with E-state index in [1.54, 1.807) is 37.3 Å². The first-order valence-corrected chi connectivity index (χ1v) is 18.6. The van der Waals surface area contributed by atoms with Crippen molar-refractivity contribution in [2.24, 2.45) is 11.8 Å². The van der Waals surface area contributed by atoms with Crippen LogP contribution in [0.5, 0.6) is 0 Å². The van der Waals surface area contributed by atoms with E-state index in [2.05, 4.69) is 31.9 Å². The Hall–Kier alpha value is -3.16. The van der Waals surface area contributed by atoms with Crippen molar-refractivity contribution in [3.8, 4) is 0 Å². The van der Waals surface area contributed by atoms with Gasteiger partial charge in [-0.25, -0.2) is 4.79 Å². The number of benzene rings is 1. The molecule has 0 bridgehead atoms. The fraction of sp³-hybridized carbons (Fsp3) is 0.647.